The standard InChI is InChI=1S/C30H48O4/c1-25(2)16-19-18-8-9-21-27(4)12-11-22(32)28(5,17-31)20(27)10-13-30(21,7)29(18,6)15-14-26(19,3)24(34)23(25)33/h8,19-21,23-24,31,33-34H,9-17H2,1-7H3/t19-,20?,21+,23-,24+,26+,27-,28+,29+,30+/m0/s1. The maximum absolute atomic E-state index is 13.0. The van der Waals surface area contributed by atoms with E-state index in [0.29, 0.717) is 18.3 Å². The molecule has 4 fully saturated rings. The van der Waals surface area contributed by atoms with Gasteiger partial charge in [0.25, 0.3) is 0 Å². The van der Waals surface area contributed by atoms with Crippen molar-refractivity contribution in [3.05, 3.63) is 11.6 Å². The largest absolute Gasteiger partial charge is 0.395 e. The summed E-state index contributed by atoms with van der Waals surface area (Å²) in [5, 5.41) is 32.6. The number of rotatable bonds is 1. The second-order valence-electron chi connectivity index (χ2n) is 14.9. The summed E-state index contributed by atoms with van der Waals surface area (Å²) < 4.78 is 0. The molecule has 0 amide bonds. The van der Waals surface area contributed by atoms with Crippen LogP contribution in [0.5, 0.6) is 0 Å². The zero-order chi connectivity index (χ0) is 25.1. The van der Waals surface area contributed by atoms with Gasteiger partial charge in [-0.2, -0.15) is 0 Å². The molecule has 4 heteroatoms. The molecule has 192 valence electrons. The number of ketones is 1. The molecule has 4 saturated carbocycles. The highest BCUT2D eigenvalue weighted by molar-refractivity contribution is 5.86. The first kappa shape index (κ1) is 25.0. The van der Waals surface area contributed by atoms with Gasteiger partial charge in [0.05, 0.1) is 24.2 Å². The Bertz CT molecular complexity index is 923. The summed E-state index contributed by atoms with van der Waals surface area (Å²) in [6.45, 7) is 15.9. The van der Waals surface area contributed by atoms with E-state index < -0.39 is 17.6 Å². The van der Waals surface area contributed by atoms with Crippen molar-refractivity contribution in [3.8, 4) is 0 Å². The van der Waals surface area contributed by atoms with Crippen LogP contribution in [-0.2, 0) is 4.79 Å². The normalized spacial score (nSPS) is 56.5. The Morgan fingerprint density at radius 2 is 1.56 bits per heavy atom. The zero-order valence-corrected chi connectivity index (χ0v) is 22.6. The number of carbonyl (C=O) groups is 1. The minimum absolute atomic E-state index is 0.0381. The molecule has 1 unspecified atom stereocenters. The fraction of sp³-hybridized carbons (Fsp3) is 0.900. The summed E-state index contributed by atoms with van der Waals surface area (Å²) in [4.78, 5) is 13.0. The average Bonchev–Trinajstić information content (AvgIpc) is 2.77. The Labute approximate surface area is 206 Å². The fourth-order valence-electron chi connectivity index (χ4n) is 10.5. The highest BCUT2D eigenvalue weighted by Crippen LogP contribution is 2.75. The van der Waals surface area contributed by atoms with Crippen molar-refractivity contribution in [2.75, 3.05) is 6.61 Å². The molecule has 3 N–H and O–H groups in total. The molecule has 0 aliphatic heterocycles. The molecule has 0 aromatic heterocycles. The van der Waals surface area contributed by atoms with E-state index in [0.717, 1.165) is 44.9 Å². The number of Topliss-reactive ketones (excluding diaryl/α,β-unsaturated/α-hetero) is 1. The van der Waals surface area contributed by atoms with E-state index in [2.05, 4.69) is 47.6 Å². The molecule has 5 aliphatic carbocycles. The molecule has 10 atom stereocenters. The second-order valence-corrected chi connectivity index (χ2v) is 14.9. The van der Waals surface area contributed by atoms with Crippen molar-refractivity contribution in [3.63, 3.8) is 0 Å². The average molecular weight is 473 g/mol. The minimum Gasteiger partial charge on any atom is -0.395 e. The van der Waals surface area contributed by atoms with Gasteiger partial charge in [0.2, 0.25) is 0 Å². The smallest absolute Gasteiger partial charge is 0.141 e. The van der Waals surface area contributed by atoms with Crippen LogP contribution in [0.1, 0.15) is 99.8 Å². The summed E-state index contributed by atoms with van der Waals surface area (Å²) in [5.74, 6) is 1.27. The Morgan fingerprint density at radius 3 is 2.21 bits per heavy atom. The van der Waals surface area contributed by atoms with Crippen molar-refractivity contribution >= 4 is 5.78 Å². The van der Waals surface area contributed by atoms with Gasteiger partial charge < -0.3 is 15.3 Å². The lowest BCUT2D eigenvalue weighted by atomic mass is 9.33. The number of aliphatic hydroxyl groups is 3. The number of carbonyl (C=O) groups excluding carboxylic acids is 1. The molecular weight excluding hydrogens is 424 g/mol. The molecule has 0 aromatic rings. The van der Waals surface area contributed by atoms with Crippen molar-refractivity contribution in [2.45, 2.75) is 112 Å². The molecule has 0 aromatic carbocycles. The van der Waals surface area contributed by atoms with Gasteiger partial charge in [-0.1, -0.05) is 60.1 Å². The first-order valence-corrected chi connectivity index (χ1v) is 13.8. The van der Waals surface area contributed by atoms with Crippen LogP contribution in [0.3, 0.4) is 0 Å². The number of allylic oxidation sites excluding steroid dienone is 2. The third kappa shape index (κ3) is 2.74. The molecule has 0 spiro atoms. The van der Waals surface area contributed by atoms with Crippen molar-refractivity contribution in [1.82, 2.24) is 0 Å². The summed E-state index contributed by atoms with van der Waals surface area (Å²) in [7, 11) is 0. The molecule has 0 heterocycles. The van der Waals surface area contributed by atoms with Crippen molar-refractivity contribution in [1.29, 1.82) is 0 Å². The highest BCUT2D eigenvalue weighted by Gasteiger charge is 2.69. The monoisotopic (exact) mass is 472 g/mol. The van der Waals surface area contributed by atoms with Crippen LogP contribution >= 0.6 is 0 Å². The van der Waals surface area contributed by atoms with Crippen LogP contribution in [0.15, 0.2) is 11.6 Å². The van der Waals surface area contributed by atoms with Crippen LogP contribution in [0, 0.1) is 50.2 Å². The molecule has 4 nitrogen and oxygen atoms in total. The van der Waals surface area contributed by atoms with Crippen molar-refractivity contribution < 1.29 is 20.1 Å². The topological polar surface area (TPSA) is 77.8 Å². The molecule has 5 aliphatic rings. The predicted molar refractivity (Wildman–Crippen MR) is 134 cm³/mol. The van der Waals surface area contributed by atoms with Gasteiger partial charge in [-0.3, -0.25) is 4.79 Å². The second kappa shape index (κ2) is 7.19. The van der Waals surface area contributed by atoms with Gasteiger partial charge in [-0.05, 0) is 84.4 Å². The molecule has 0 saturated heterocycles. The first-order chi connectivity index (χ1) is 15.6. The lowest BCUT2D eigenvalue weighted by Gasteiger charge is -2.71. The van der Waals surface area contributed by atoms with Crippen LogP contribution < -0.4 is 0 Å². The van der Waals surface area contributed by atoms with E-state index in [4.69, 9.17) is 0 Å². The number of hydrogen-bond acceptors (Lipinski definition) is 4. The molecule has 0 radical (unpaired) electrons. The van der Waals surface area contributed by atoms with Crippen LogP contribution in [0.25, 0.3) is 0 Å². The third-order valence-corrected chi connectivity index (χ3v) is 13.3. The highest BCUT2D eigenvalue weighted by atomic mass is 16.3. The lowest BCUT2D eigenvalue weighted by Crippen LogP contribution is -2.66. The maximum Gasteiger partial charge on any atom is 0.141 e. The summed E-state index contributed by atoms with van der Waals surface area (Å²) in [6, 6.07) is 0. The van der Waals surface area contributed by atoms with E-state index in [1.165, 1.54) is 5.57 Å². The Kier molecular flexibility index (Phi) is 5.28. The van der Waals surface area contributed by atoms with Gasteiger partial charge in [0.1, 0.15) is 5.78 Å². The van der Waals surface area contributed by atoms with Gasteiger partial charge >= 0.3 is 0 Å². The maximum atomic E-state index is 13.0. The first-order valence-electron chi connectivity index (χ1n) is 13.8. The molecule has 0 bridgehead atoms. The van der Waals surface area contributed by atoms with E-state index in [9.17, 15) is 20.1 Å². The molecule has 34 heavy (non-hydrogen) atoms. The Hall–Kier alpha value is -0.710. The fourth-order valence-corrected chi connectivity index (χ4v) is 10.5. The van der Waals surface area contributed by atoms with Crippen LogP contribution in [0.2, 0.25) is 0 Å². The van der Waals surface area contributed by atoms with Crippen LogP contribution in [0.4, 0.5) is 0 Å². The molecular formula is C30H48O4. The summed E-state index contributed by atoms with van der Waals surface area (Å²) in [6.07, 6.45) is 8.70. The van der Waals surface area contributed by atoms with Gasteiger partial charge in [0, 0.05) is 11.8 Å². The van der Waals surface area contributed by atoms with Gasteiger partial charge in [-0.15, -0.1) is 0 Å². The van der Waals surface area contributed by atoms with E-state index in [1.807, 2.05) is 6.92 Å². The van der Waals surface area contributed by atoms with Gasteiger partial charge in [-0.25, -0.2) is 0 Å². The number of aliphatic hydroxyl groups excluding tert-OH is 3. The predicted octanol–water partition coefficient (Wildman–Crippen LogP) is 5.29. The van der Waals surface area contributed by atoms with E-state index in [1.54, 1.807) is 0 Å². The van der Waals surface area contributed by atoms with E-state index >= 15 is 0 Å². The van der Waals surface area contributed by atoms with E-state index in [-0.39, 0.29) is 45.4 Å². The lowest BCUT2D eigenvalue weighted by molar-refractivity contribution is -0.210. The number of fused-ring (bicyclic) bond motifs is 7. The minimum atomic E-state index is -0.694. The SMILES string of the molecule is CC1(C)C[C@H]2C3=CC[C@@H]4[C@@]5(C)CCC(=O)[C@](C)(CO)C5CC[C@@]4(C)[C@]3(C)CC[C@@]2(C)[C@H](O)[C@@H]1O. The van der Waals surface area contributed by atoms with Crippen LogP contribution in [-0.4, -0.2) is 39.9 Å². The summed E-state index contributed by atoms with van der Waals surface area (Å²) in [5.41, 5.74) is 0.574. The van der Waals surface area contributed by atoms with Crippen molar-refractivity contribution in [2.24, 2.45) is 50.2 Å². The Morgan fingerprint density at radius 1 is 0.882 bits per heavy atom. The van der Waals surface area contributed by atoms with Gasteiger partial charge in [0.15, 0.2) is 0 Å². The quantitative estimate of drug-likeness (QED) is 0.453. The Balaban J connectivity index is 1.59. The zero-order valence-electron chi connectivity index (χ0n) is 22.6. The molecule has 5 rings (SSSR count). The summed E-state index contributed by atoms with van der Waals surface area (Å²) >= 11 is 0. The third-order valence-electron chi connectivity index (χ3n) is 13.3. The number of hydrogen-bond donors (Lipinski definition) is 3.